The Hall–Kier alpha value is -1.62. The number of hydrogen-bond donors (Lipinski definition) is 3. The van der Waals surface area contributed by atoms with Crippen molar-refractivity contribution in [1.29, 1.82) is 0 Å². The Morgan fingerprint density at radius 3 is 2.65 bits per heavy atom. The summed E-state index contributed by atoms with van der Waals surface area (Å²) in [6, 6.07) is 1.29. The summed E-state index contributed by atoms with van der Waals surface area (Å²) in [5.74, 6) is -1.12. The Kier molecular flexibility index (Phi) is 5.11. The molecule has 1 aromatic carbocycles. The maximum Gasteiger partial charge on any atom is 0.270 e. The van der Waals surface area contributed by atoms with Crippen molar-refractivity contribution < 1.29 is 22.8 Å². The van der Waals surface area contributed by atoms with Gasteiger partial charge in [0.2, 0.25) is 10.0 Å². The molecule has 0 aromatic heterocycles. The van der Waals surface area contributed by atoms with Crippen LogP contribution in [0.1, 0.15) is 6.92 Å². The van der Waals surface area contributed by atoms with Gasteiger partial charge in [-0.25, -0.2) is 17.5 Å². The molecule has 0 spiro atoms. The number of nitrogens with one attached hydrogen (secondary N) is 1. The normalized spacial score (nSPS) is 14.8. The summed E-state index contributed by atoms with van der Waals surface area (Å²) in [6.45, 7) is 1.04. The molecule has 20 heavy (non-hydrogen) atoms. The summed E-state index contributed by atoms with van der Waals surface area (Å²) in [4.78, 5) is 8.89. The van der Waals surface area contributed by atoms with E-state index in [-0.39, 0.29) is 6.54 Å². The number of nitrogens with zero attached hydrogens (tertiary/aromatic N) is 1. The Bertz CT molecular complexity index is 605. The minimum atomic E-state index is -4.30. The van der Waals surface area contributed by atoms with Gasteiger partial charge in [-0.15, -0.1) is 0 Å². The lowest BCUT2D eigenvalue weighted by Gasteiger charge is -2.15. The van der Waals surface area contributed by atoms with Gasteiger partial charge in [-0.1, -0.05) is 0 Å². The molecule has 0 amide bonds. The molecule has 10 heteroatoms. The predicted octanol–water partition coefficient (Wildman–Crippen LogP) is -0.280. The fraction of sp³-hybridized carbons (Fsp3) is 0.400. The Morgan fingerprint density at radius 1 is 1.55 bits per heavy atom. The number of sulfonamides is 1. The smallest absolute Gasteiger partial charge is 0.270 e. The van der Waals surface area contributed by atoms with Crippen LogP contribution in [0.4, 0.5) is 10.1 Å². The molecule has 0 aliphatic carbocycles. The van der Waals surface area contributed by atoms with Crippen molar-refractivity contribution in [3.05, 3.63) is 34.1 Å². The van der Waals surface area contributed by atoms with Crippen LogP contribution < -0.4 is 10.5 Å². The van der Waals surface area contributed by atoms with E-state index in [1.165, 1.54) is 6.92 Å². The molecule has 112 valence electrons. The molecule has 0 aliphatic heterocycles. The van der Waals surface area contributed by atoms with E-state index in [4.69, 9.17) is 10.8 Å². The summed E-state index contributed by atoms with van der Waals surface area (Å²) in [5, 5.41) is 19.7. The van der Waals surface area contributed by atoms with E-state index in [1.54, 1.807) is 0 Å². The van der Waals surface area contributed by atoms with Crippen LogP contribution >= 0.6 is 0 Å². The summed E-state index contributed by atoms with van der Waals surface area (Å²) < 4.78 is 39.2. The number of benzene rings is 1. The third-order valence-corrected chi connectivity index (χ3v) is 3.98. The Morgan fingerprint density at radius 2 is 2.15 bits per heavy atom. The van der Waals surface area contributed by atoms with E-state index in [9.17, 15) is 22.9 Å². The van der Waals surface area contributed by atoms with E-state index >= 15 is 0 Å². The van der Waals surface area contributed by atoms with E-state index in [2.05, 4.69) is 0 Å². The summed E-state index contributed by atoms with van der Waals surface area (Å²) >= 11 is 0. The molecule has 0 fully saturated rings. The van der Waals surface area contributed by atoms with Crippen LogP contribution in [0.3, 0.4) is 0 Å². The van der Waals surface area contributed by atoms with Crippen molar-refractivity contribution in [1.82, 2.24) is 4.72 Å². The molecule has 0 saturated carbocycles. The lowest BCUT2D eigenvalue weighted by molar-refractivity contribution is -0.385. The lowest BCUT2D eigenvalue weighted by Crippen LogP contribution is -2.43. The topological polar surface area (TPSA) is 136 Å². The van der Waals surface area contributed by atoms with E-state index in [0.717, 1.165) is 6.07 Å². The highest BCUT2D eigenvalue weighted by atomic mass is 32.2. The van der Waals surface area contributed by atoms with Crippen molar-refractivity contribution in [2.24, 2.45) is 5.73 Å². The molecule has 0 heterocycles. The molecular weight excluding hydrogens is 293 g/mol. The average molecular weight is 307 g/mol. The van der Waals surface area contributed by atoms with Gasteiger partial charge >= 0.3 is 0 Å². The van der Waals surface area contributed by atoms with Crippen molar-refractivity contribution >= 4 is 15.7 Å². The lowest BCUT2D eigenvalue weighted by atomic mass is 10.2. The molecular formula is C10H14FN3O5S. The first-order valence-corrected chi connectivity index (χ1v) is 7.00. The molecule has 0 radical (unpaired) electrons. The number of aliphatic hydroxyl groups excluding tert-OH is 1. The van der Waals surface area contributed by atoms with Crippen LogP contribution in [0.2, 0.25) is 0 Å². The van der Waals surface area contributed by atoms with Gasteiger partial charge in [-0.3, -0.25) is 10.1 Å². The van der Waals surface area contributed by atoms with Gasteiger partial charge in [-0.05, 0) is 13.0 Å². The highest BCUT2D eigenvalue weighted by Crippen LogP contribution is 2.20. The number of nitrogens with two attached hydrogens (primary N) is 1. The molecule has 1 aromatic rings. The first kappa shape index (κ1) is 16.4. The summed E-state index contributed by atoms with van der Waals surface area (Å²) in [7, 11) is -4.30. The second kappa shape index (κ2) is 6.22. The van der Waals surface area contributed by atoms with Crippen molar-refractivity contribution in [3.8, 4) is 0 Å². The number of halogens is 1. The molecule has 4 N–H and O–H groups in total. The van der Waals surface area contributed by atoms with Crippen LogP contribution in [-0.4, -0.2) is 37.1 Å². The number of nitro benzene ring substituents is 1. The number of aliphatic hydroxyl groups is 1. The van der Waals surface area contributed by atoms with E-state index in [1.807, 2.05) is 4.72 Å². The zero-order valence-electron chi connectivity index (χ0n) is 10.5. The number of non-ortho nitro benzene ring substituents is 1. The van der Waals surface area contributed by atoms with Crippen LogP contribution in [-0.2, 0) is 10.0 Å². The van der Waals surface area contributed by atoms with Gasteiger partial charge in [0.15, 0.2) is 0 Å². The fourth-order valence-electron chi connectivity index (χ4n) is 1.27. The monoisotopic (exact) mass is 307 g/mol. The third-order valence-electron chi connectivity index (χ3n) is 2.54. The molecule has 0 saturated heterocycles. The molecule has 2 atom stereocenters. The summed E-state index contributed by atoms with van der Waals surface area (Å²) in [5.41, 5.74) is 4.89. The van der Waals surface area contributed by atoms with Gasteiger partial charge in [-0.2, -0.15) is 0 Å². The quantitative estimate of drug-likeness (QED) is 0.488. The first-order valence-electron chi connectivity index (χ1n) is 5.52. The predicted molar refractivity (Wildman–Crippen MR) is 67.9 cm³/mol. The standard InChI is InChI=1S/C10H14FN3O5S/c1-6(15)9(12)5-13-20(18,19)10-4-7(14(16)17)2-3-8(10)11/h2-4,6,9,13,15H,5,12H2,1H3. The largest absolute Gasteiger partial charge is 0.392 e. The SMILES string of the molecule is CC(O)C(N)CNS(=O)(=O)c1cc([N+](=O)[O-])ccc1F. The molecule has 8 nitrogen and oxygen atoms in total. The van der Waals surface area contributed by atoms with Crippen molar-refractivity contribution in [2.75, 3.05) is 6.54 Å². The van der Waals surface area contributed by atoms with Crippen molar-refractivity contribution in [3.63, 3.8) is 0 Å². The zero-order valence-corrected chi connectivity index (χ0v) is 11.3. The Balaban J connectivity index is 3.03. The number of nitro groups is 1. The summed E-state index contributed by atoms with van der Waals surface area (Å²) in [6.07, 6.45) is -0.965. The minimum Gasteiger partial charge on any atom is -0.392 e. The van der Waals surface area contributed by atoms with Crippen LogP contribution in [0, 0.1) is 15.9 Å². The van der Waals surface area contributed by atoms with Crippen LogP contribution in [0.5, 0.6) is 0 Å². The van der Waals surface area contributed by atoms with E-state index in [0.29, 0.717) is 12.1 Å². The van der Waals surface area contributed by atoms with Crippen molar-refractivity contribution in [2.45, 2.75) is 24.0 Å². The third kappa shape index (κ3) is 3.93. The van der Waals surface area contributed by atoms with Gasteiger partial charge in [0.25, 0.3) is 5.69 Å². The van der Waals surface area contributed by atoms with Gasteiger partial charge in [0.05, 0.1) is 11.0 Å². The molecule has 0 aliphatic rings. The maximum atomic E-state index is 13.5. The minimum absolute atomic E-state index is 0.331. The molecule has 1 rings (SSSR count). The maximum absolute atomic E-state index is 13.5. The number of hydrogen-bond acceptors (Lipinski definition) is 6. The Labute approximate surface area is 114 Å². The van der Waals surface area contributed by atoms with Crippen LogP contribution in [0.15, 0.2) is 23.1 Å². The average Bonchev–Trinajstić information content (AvgIpc) is 2.35. The molecule has 0 bridgehead atoms. The second-order valence-electron chi connectivity index (χ2n) is 4.13. The van der Waals surface area contributed by atoms with Crippen LogP contribution in [0.25, 0.3) is 0 Å². The highest BCUT2D eigenvalue weighted by Gasteiger charge is 2.23. The van der Waals surface area contributed by atoms with Gasteiger partial charge in [0.1, 0.15) is 10.7 Å². The second-order valence-corrected chi connectivity index (χ2v) is 5.86. The molecule has 2 unspecified atom stereocenters. The highest BCUT2D eigenvalue weighted by molar-refractivity contribution is 7.89. The van der Waals surface area contributed by atoms with Gasteiger partial charge < -0.3 is 10.8 Å². The van der Waals surface area contributed by atoms with E-state index < -0.39 is 43.5 Å². The van der Waals surface area contributed by atoms with Gasteiger partial charge in [0, 0.05) is 24.7 Å². The zero-order chi connectivity index (χ0) is 15.5. The fourth-order valence-corrected chi connectivity index (χ4v) is 2.43. The first-order chi connectivity index (χ1) is 9.15. The number of rotatable bonds is 6.